The van der Waals surface area contributed by atoms with E-state index in [1.165, 1.54) is 0 Å². The van der Waals surface area contributed by atoms with Gasteiger partial charge in [-0.05, 0) is 24.1 Å². The van der Waals surface area contributed by atoms with Gasteiger partial charge in [0.25, 0.3) is 0 Å². The van der Waals surface area contributed by atoms with E-state index in [1.54, 1.807) is 10.9 Å². The molecule has 1 saturated heterocycles. The third-order valence-corrected chi connectivity index (χ3v) is 4.99. The molecule has 2 atom stereocenters. The van der Waals surface area contributed by atoms with Crippen molar-refractivity contribution in [2.45, 2.75) is 31.5 Å². The Morgan fingerprint density at radius 1 is 1.38 bits per heavy atom. The lowest BCUT2D eigenvalue weighted by Crippen LogP contribution is -2.48. The fourth-order valence-corrected chi connectivity index (χ4v) is 3.74. The van der Waals surface area contributed by atoms with Crippen LogP contribution in [0.2, 0.25) is 5.02 Å². The number of aromatic nitrogens is 2. The van der Waals surface area contributed by atoms with E-state index in [0.29, 0.717) is 42.7 Å². The minimum absolute atomic E-state index is 0.0688. The van der Waals surface area contributed by atoms with Crippen molar-refractivity contribution in [1.82, 2.24) is 20.4 Å². The van der Waals surface area contributed by atoms with Crippen LogP contribution in [0, 0.1) is 0 Å². The lowest BCUT2D eigenvalue weighted by Gasteiger charge is -2.32. The van der Waals surface area contributed by atoms with Crippen LogP contribution in [-0.4, -0.2) is 34.9 Å². The van der Waals surface area contributed by atoms with Gasteiger partial charge in [-0.2, -0.15) is 5.10 Å². The first-order valence-electron chi connectivity index (χ1n) is 8.69. The van der Waals surface area contributed by atoms with Crippen LogP contribution in [0.1, 0.15) is 30.0 Å². The summed E-state index contributed by atoms with van der Waals surface area (Å²) >= 11 is 6.31. The third kappa shape index (κ3) is 3.50. The quantitative estimate of drug-likeness (QED) is 0.852. The Morgan fingerprint density at radius 3 is 3.04 bits per heavy atom. The molecule has 2 N–H and O–H groups in total. The number of hydrogen-bond donors (Lipinski definition) is 2. The highest BCUT2D eigenvalue weighted by molar-refractivity contribution is 6.32. The zero-order valence-corrected chi connectivity index (χ0v) is 15.3. The average molecular weight is 377 g/mol. The van der Waals surface area contributed by atoms with Crippen LogP contribution in [-0.2, 0) is 18.4 Å². The predicted molar refractivity (Wildman–Crippen MR) is 96.4 cm³/mol. The second-order valence-corrected chi connectivity index (χ2v) is 7.03. The normalized spacial score (nSPS) is 22.2. The van der Waals surface area contributed by atoms with Crippen molar-refractivity contribution < 1.29 is 14.3 Å². The van der Waals surface area contributed by atoms with Gasteiger partial charge in [-0.25, -0.2) is 0 Å². The zero-order chi connectivity index (χ0) is 18.1. The molecule has 2 aliphatic heterocycles. The Bertz CT molecular complexity index is 823. The first kappa shape index (κ1) is 17.2. The highest BCUT2D eigenvalue weighted by Crippen LogP contribution is 2.38. The summed E-state index contributed by atoms with van der Waals surface area (Å²) in [6.07, 6.45) is 5.01. The summed E-state index contributed by atoms with van der Waals surface area (Å²) in [4.78, 5) is 11.9. The number of amides is 1. The van der Waals surface area contributed by atoms with E-state index in [-0.39, 0.29) is 18.0 Å². The van der Waals surface area contributed by atoms with Crippen molar-refractivity contribution in [2.75, 3.05) is 13.2 Å². The predicted octanol–water partition coefficient (Wildman–Crippen LogP) is 1.95. The van der Waals surface area contributed by atoms with Crippen LogP contribution in [0.5, 0.6) is 11.5 Å². The molecule has 1 amide bonds. The van der Waals surface area contributed by atoms with Gasteiger partial charge in [-0.1, -0.05) is 11.6 Å². The number of nitrogens with one attached hydrogen (secondary N) is 2. The number of fused-ring (bicyclic) bond motifs is 1. The van der Waals surface area contributed by atoms with E-state index in [0.717, 1.165) is 17.5 Å². The molecule has 8 heteroatoms. The maximum atomic E-state index is 11.9. The van der Waals surface area contributed by atoms with Crippen LogP contribution in [0.25, 0.3) is 0 Å². The maximum Gasteiger partial charge on any atom is 0.220 e. The minimum atomic E-state index is -0.0994. The Labute approximate surface area is 156 Å². The average Bonchev–Trinajstić information content (AvgIpc) is 3.07. The molecule has 2 aliphatic rings. The monoisotopic (exact) mass is 376 g/mol. The molecule has 0 spiro atoms. The molecule has 26 heavy (non-hydrogen) atoms. The first-order chi connectivity index (χ1) is 12.6. The zero-order valence-electron chi connectivity index (χ0n) is 14.5. The van der Waals surface area contributed by atoms with Crippen molar-refractivity contribution in [3.05, 3.63) is 40.7 Å². The molecule has 4 rings (SSSR count). The molecule has 0 radical (unpaired) electrons. The van der Waals surface area contributed by atoms with Crippen molar-refractivity contribution in [2.24, 2.45) is 7.05 Å². The van der Waals surface area contributed by atoms with E-state index in [2.05, 4.69) is 15.7 Å². The van der Waals surface area contributed by atoms with Crippen LogP contribution >= 0.6 is 11.6 Å². The number of ether oxygens (including phenoxy) is 2. The van der Waals surface area contributed by atoms with Gasteiger partial charge in [0.05, 0.1) is 17.3 Å². The molecule has 1 fully saturated rings. The molecule has 0 aliphatic carbocycles. The Morgan fingerprint density at radius 2 is 2.23 bits per heavy atom. The summed E-state index contributed by atoms with van der Waals surface area (Å²) < 4.78 is 12.9. The van der Waals surface area contributed by atoms with Crippen molar-refractivity contribution in [1.29, 1.82) is 0 Å². The van der Waals surface area contributed by atoms with Crippen molar-refractivity contribution in [3.63, 3.8) is 0 Å². The SMILES string of the molecule is Cn1cc([C@@H]2NC(=O)CC[C@H]2NCc2cc(Cl)c3c(c2)OCCO3)cn1. The second-order valence-electron chi connectivity index (χ2n) is 6.62. The highest BCUT2D eigenvalue weighted by atomic mass is 35.5. The van der Waals surface area contributed by atoms with Gasteiger partial charge in [0.1, 0.15) is 13.2 Å². The minimum Gasteiger partial charge on any atom is -0.486 e. The van der Waals surface area contributed by atoms with E-state index in [4.69, 9.17) is 21.1 Å². The van der Waals surface area contributed by atoms with Gasteiger partial charge in [0.2, 0.25) is 5.91 Å². The molecule has 1 aromatic carbocycles. The first-order valence-corrected chi connectivity index (χ1v) is 9.07. The standard InChI is InChI=1S/C18H21ClN4O3/c1-23-10-12(9-21-23)17-14(2-3-16(24)22-17)20-8-11-6-13(19)18-15(7-11)25-4-5-26-18/h6-7,9-10,14,17,20H,2-5,8H2,1H3,(H,22,24)/t14-,17+/m1/s1. The van der Waals surface area contributed by atoms with E-state index in [9.17, 15) is 4.79 Å². The number of nitrogens with zero attached hydrogens (tertiary/aromatic N) is 2. The number of carbonyl (C=O) groups excluding carboxylic acids is 1. The Kier molecular flexibility index (Phi) is 4.74. The Hall–Kier alpha value is -2.25. The van der Waals surface area contributed by atoms with E-state index >= 15 is 0 Å². The van der Waals surface area contributed by atoms with Crippen LogP contribution in [0.4, 0.5) is 0 Å². The molecular weight excluding hydrogens is 356 g/mol. The van der Waals surface area contributed by atoms with Crippen LogP contribution < -0.4 is 20.1 Å². The third-order valence-electron chi connectivity index (χ3n) is 4.71. The summed E-state index contributed by atoms with van der Waals surface area (Å²) in [6.45, 7) is 1.66. The topological polar surface area (TPSA) is 77.4 Å². The number of carbonyl (C=O) groups is 1. The Balaban J connectivity index is 1.49. The molecule has 0 unspecified atom stereocenters. The lowest BCUT2D eigenvalue weighted by atomic mass is 9.93. The van der Waals surface area contributed by atoms with Gasteiger partial charge < -0.3 is 20.1 Å². The summed E-state index contributed by atoms with van der Waals surface area (Å²) in [6, 6.07) is 3.86. The number of piperidine rings is 1. The van der Waals surface area contributed by atoms with Crippen molar-refractivity contribution >= 4 is 17.5 Å². The number of halogens is 1. The molecular formula is C18H21ClN4O3. The van der Waals surface area contributed by atoms with Crippen LogP contribution in [0.15, 0.2) is 24.5 Å². The molecule has 0 bridgehead atoms. The fourth-order valence-electron chi connectivity index (χ4n) is 3.45. The highest BCUT2D eigenvalue weighted by Gasteiger charge is 2.30. The fraction of sp³-hybridized carbons (Fsp3) is 0.444. The lowest BCUT2D eigenvalue weighted by molar-refractivity contribution is -0.123. The summed E-state index contributed by atoms with van der Waals surface area (Å²) in [5, 5.41) is 11.4. The van der Waals surface area contributed by atoms with Gasteiger partial charge in [-0.15, -0.1) is 0 Å². The smallest absolute Gasteiger partial charge is 0.220 e. The molecule has 138 valence electrons. The molecule has 7 nitrogen and oxygen atoms in total. The van der Waals surface area contributed by atoms with Gasteiger partial charge in [0.15, 0.2) is 11.5 Å². The molecule has 0 saturated carbocycles. The van der Waals surface area contributed by atoms with E-state index in [1.807, 2.05) is 25.4 Å². The number of benzene rings is 1. The molecule has 1 aromatic heterocycles. The second kappa shape index (κ2) is 7.17. The summed E-state index contributed by atoms with van der Waals surface area (Å²) in [5.74, 6) is 1.36. The van der Waals surface area contributed by atoms with Crippen LogP contribution in [0.3, 0.4) is 0 Å². The van der Waals surface area contributed by atoms with E-state index < -0.39 is 0 Å². The van der Waals surface area contributed by atoms with Gasteiger partial charge in [-0.3, -0.25) is 9.48 Å². The number of aryl methyl sites for hydroxylation is 1. The van der Waals surface area contributed by atoms with Gasteiger partial charge in [0, 0.05) is 37.8 Å². The molecule has 2 aromatic rings. The number of hydrogen-bond acceptors (Lipinski definition) is 5. The van der Waals surface area contributed by atoms with Crippen molar-refractivity contribution in [3.8, 4) is 11.5 Å². The maximum absolute atomic E-state index is 11.9. The number of rotatable bonds is 4. The van der Waals surface area contributed by atoms with Gasteiger partial charge >= 0.3 is 0 Å². The summed E-state index contributed by atoms with van der Waals surface area (Å²) in [7, 11) is 1.87. The largest absolute Gasteiger partial charge is 0.486 e. The summed E-state index contributed by atoms with van der Waals surface area (Å²) in [5.41, 5.74) is 2.01. The molecule has 3 heterocycles.